The zero-order valence-corrected chi connectivity index (χ0v) is 27.8. The average molecular weight is 665 g/mol. The Bertz CT molecular complexity index is 2950. The zero-order chi connectivity index (χ0) is 34.6. The number of fused-ring (bicyclic) bond motifs is 7. The van der Waals surface area contributed by atoms with Crippen LogP contribution in [0.1, 0.15) is 0 Å². The van der Waals surface area contributed by atoms with Gasteiger partial charge in [-0.2, -0.15) is 0 Å². The van der Waals surface area contributed by atoms with Crippen LogP contribution in [-0.2, 0) is 0 Å². The van der Waals surface area contributed by atoms with E-state index in [-0.39, 0.29) is 0 Å². The van der Waals surface area contributed by atoms with Crippen molar-refractivity contribution in [2.75, 3.05) is 0 Å². The van der Waals surface area contributed by atoms with Crippen LogP contribution in [0.25, 0.3) is 94.0 Å². The van der Waals surface area contributed by atoms with Crippen LogP contribution in [0.4, 0.5) is 5.69 Å². The summed E-state index contributed by atoms with van der Waals surface area (Å²) in [6.07, 6.45) is 0. The van der Waals surface area contributed by atoms with Gasteiger partial charge in [0.2, 0.25) is 0 Å². The molecule has 0 saturated heterocycles. The molecule has 0 radical (unpaired) electrons. The first-order valence-electron chi connectivity index (χ1n) is 17.2. The maximum Gasteiger partial charge on any atom is 0.187 e. The Hall–Kier alpha value is -7.36. The van der Waals surface area contributed by atoms with Crippen LogP contribution in [0, 0.1) is 6.57 Å². The Labute approximate surface area is 299 Å². The minimum atomic E-state index is 0.601. The Morgan fingerprint density at radius 3 is 1.65 bits per heavy atom. The number of hydrogen-bond acceptors (Lipinski definition) is 3. The molecule has 242 valence electrons. The van der Waals surface area contributed by atoms with Gasteiger partial charge in [0.1, 0.15) is 0 Å². The van der Waals surface area contributed by atoms with Gasteiger partial charge < -0.3 is 9.13 Å². The van der Waals surface area contributed by atoms with Crippen molar-refractivity contribution in [3.05, 3.63) is 181 Å². The summed E-state index contributed by atoms with van der Waals surface area (Å²) in [5, 5.41) is 4.63. The first kappa shape index (κ1) is 29.5. The van der Waals surface area contributed by atoms with Gasteiger partial charge in [-0.3, -0.25) is 0 Å². The molecule has 7 aromatic carbocycles. The van der Waals surface area contributed by atoms with Gasteiger partial charge in [-0.25, -0.2) is 19.8 Å². The summed E-state index contributed by atoms with van der Waals surface area (Å²) < 4.78 is 4.69. The molecule has 0 N–H and O–H groups in total. The van der Waals surface area contributed by atoms with E-state index in [2.05, 4.69) is 98.9 Å². The molecule has 10 rings (SSSR count). The maximum atomic E-state index is 7.49. The monoisotopic (exact) mass is 664 g/mol. The summed E-state index contributed by atoms with van der Waals surface area (Å²) in [5.74, 6) is 1.84. The van der Waals surface area contributed by atoms with Crippen LogP contribution in [0.2, 0.25) is 0 Å². The third kappa shape index (κ3) is 4.61. The van der Waals surface area contributed by atoms with E-state index in [9.17, 15) is 0 Å². The lowest BCUT2D eigenvalue weighted by molar-refractivity contribution is 1.06. The lowest BCUT2D eigenvalue weighted by atomic mass is 10.1. The summed E-state index contributed by atoms with van der Waals surface area (Å²) >= 11 is 0. The summed E-state index contributed by atoms with van der Waals surface area (Å²) in [5.41, 5.74) is 9.75. The summed E-state index contributed by atoms with van der Waals surface area (Å²) in [6, 6.07) is 58.1. The molecule has 0 amide bonds. The summed E-state index contributed by atoms with van der Waals surface area (Å²) in [4.78, 5) is 18.9. The highest BCUT2D eigenvalue weighted by atomic mass is 15.1. The van der Waals surface area contributed by atoms with E-state index in [1.165, 1.54) is 0 Å². The Morgan fingerprint density at radius 2 is 0.981 bits per heavy atom. The quantitative estimate of drug-likeness (QED) is 0.172. The number of rotatable bonds is 5. The standard InChI is InChI=1S/C46H28N6/c1-47-32-24-26-33(27-25-32)51-39-22-12-9-19-36(39)42-41(51)29-28-35-34-18-8-11-21-38(34)52(43(35)42)40-23-13-10-20-37(40)46-49-44(30-14-4-2-5-15-30)48-45(50-46)31-16-6-3-7-17-31/h2-29H. The van der Waals surface area contributed by atoms with Crippen LogP contribution < -0.4 is 0 Å². The molecular weight excluding hydrogens is 637 g/mol. The van der Waals surface area contributed by atoms with E-state index < -0.39 is 0 Å². The molecule has 6 nitrogen and oxygen atoms in total. The first-order chi connectivity index (χ1) is 25.8. The van der Waals surface area contributed by atoms with Crippen LogP contribution in [-0.4, -0.2) is 24.1 Å². The molecule has 10 aromatic rings. The predicted molar refractivity (Wildman–Crippen MR) is 211 cm³/mol. The fourth-order valence-electron chi connectivity index (χ4n) is 7.50. The lowest BCUT2D eigenvalue weighted by Crippen LogP contribution is -2.03. The van der Waals surface area contributed by atoms with E-state index in [1.807, 2.05) is 84.9 Å². The predicted octanol–water partition coefficient (Wildman–Crippen LogP) is 11.6. The topological polar surface area (TPSA) is 52.9 Å². The third-order valence-electron chi connectivity index (χ3n) is 9.79. The lowest BCUT2D eigenvalue weighted by Gasteiger charge is -2.15. The maximum absolute atomic E-state index is 7.49. The number of nitrogens with zero attached hydrogens (tertiary/aromatic N) is 6. The molecule has 3 aromatic heterocycles. The molecule has 0 bridgehead atoms. The van der Waals surface area contributed by atoms with Gasteiger partial charge in [0, 0.05) is 43.9 Å². The number of benzene rings is 7. The van der Waals surface area contributed by atoms with Gasteiger partial charge in [-0.05, 0) is 42.5 Å². The van der Waals surface area contributed by atoms with Crippen molar-refractivity contribution in [3.63, 3.8) is 0 Å². The minimum Gasteiger partial charge on any atom is -0.309 e. The average Bonchev–Trinajstić information content (AvgIpc) is 3.74. The molecule has 0 aliphatic rings. The highest BCUT2D eigenvalue weighted by molar-refractivity contribution is 6.26. The Kier molecular flexibility index (Phi) is 6.76. The molecule has 0 unspecified atom stereocenters. The van der Waals surface area contributed by atoms with Crippen LogP contribution in [0.5, 0.6) is 0 Å². The summed E-state index contributed by atoms with van der Waals surface area (Å²) in [6.45, 7) is 7.49. The molecule has 0 atom stereocenters. The normalized spacial score (nSPS) is 11.4. The van der Waals surface area contributed by atoms with Crippen molar-refractivity contribution >= 4 is 49.3 Å². The van der Waals surface area contributed by atoms with Crippen LogP contribution >= 0.6 is 0 Å². The molecule has 0 saturated carbocycles. The van der Waals surface area contributed by atoms with Crippen molar-refractivity contribution in [2.24, 2.45) is 0 Å². The van der Waals surface area contributed by atoms with E-state index in [4.69, 9.17) is 21.5 Å². The van der Waals surface area contributed by atoms with Gasteiger partial charge in [-0.1, -0.05) is 127 Å². The second-order valence-corrected chi connectivity index (χ2v) is 12.7. The molecule has 0 aliphatic heterocycles. The minimum absolute atomic E-state index is 0.601. The van der Waals surface area contributed by atoms with Gasteiger partial charge >= 0.3 is 0 Å². The second-order valence-electron chi connectivity index (χ2n) is 12.7. The fourth-order valence-corrected chi connectivity index (χ4v) is 7.50. The molecule has 0 fully saturated rings. The zero-order valence-electron chi connectivity index (χ0n) is 27.8. The van der Waals surface area contributed by atoms with Crippen molar-refractivity contribution < 1.29 is 0 Å². The van der Waals surface area contributed by atoms with Crippen molar-refractivity contribution in [1.82, 2.24) is 24.1 Å². The smallest absolute Gasteiger partial charge is 0.187 e. The fraction of sp³-hybridized carbons (Fsp3) is 0. The van der Waals surface area contributed by atoms with Crippen molar-refractivity contribution in [2.45, 2.75) is 0 Å². The van der Waals surface area contributed by atoms with E-state index in [0.717, 1.165) is 71.7 Å². The van der Waals surface area contributed by atoms with Gasteiger partial charge in [0.15, 0.2) is 23.2 Å². The molecule has 0 spiro atoms. The Morgan fingerprint density at radius 1 is 0.423 bits per heavy atom. The second kappa shape index (κ2) is 11.9. The summed E-state index contributed by atoms with van der Waals surface area (Å²) in [7, 11) is 0. The Balaban J connectivity index is 1.31. The third-order valence-corrected chi connectivity index (χ3v) is 9.79. The highest BCUT2D eigenvalue weighted by Crippen LogP contribution is 2.43. The van der Waals surface area contributed by atoms with Crippen LogP contribution in [0.15, 0.2) is 170 Å². The molecular formula is C46H28N6. The SMILES string of the molecule is [C-]#[N+]c1ccc(-n2c3ccccc3c3c2ccc2c4ccccc4n(-c4ccccc4-c4nc(-c5ccccc5)nc(-c5ccccc5)n4)c23)cc1. The number of aromatic nitrogens is 5. The van der Waals surface area contributed by atoms with Gasteiger partial charge in [0.25, 0.3) is 0 Å². The molecule has 52 heavy (non-hydrogen) atoms. The van der Waals surface area contributed by atoms with E-state index in [1.54, 1.807) is 0 Å². The van der Waals surface area contributed by atoms with Crippen LogP contribution in [0.3, 0.4) is 0 Å². The van der Waals surface area contributed by atoms with Gasteiger partial charge in [0.05, 0.1) is 34.3 Å². The van der Waals surface area contributed by atoms with Crippen molar-refractivity contribution in [3.8, 4) is 45.5 Å². The largest absolute Gasteiger partial charge is 0.309 e. The van der Waals surface area contributed by atoms with E-state index in [0.29, 0.717) is 23.2 Å². The number of hydrogen-bond donors (Lipinski definition) is 0. The first-order valence-corrected chi connectivity index (χ1v) is 17.2. The van der Waals surface area contributed by atoms with Gasteiger partial charge in [-0.15, -0.1) is 0 Å². The highest BCUT2D eigenvalue weighted by Gasteiger charge is 2.23. The van der Waals surface area contributed by atoms with E-state index >= 15 is 0 Å². The molecule has 0 aliphatic carbocycles. The molecule has 6 heteroatoms. The number of para-hydroxylation sites is 3. The van der Waals surface area contributed by atoms with Crippen molar-refractivity contribution in [1.29, 1.82) is 0 Å². The molecule has 3 heterocycles.